The Morgan fingerprint density at radius 3 is 1.24 bits per heavy atom. The molecule has 0 spiro atoms. The zero-order chi connectivity index (χ0) is 52.5. The highest BCUT2D eigenvalue weighted by Crippen LogP contribution is 2.23. The molecule has 426 valence electrons. The largest absolute Gasteiger partial charge is 0.394 e. The van der Waals surface area contributed by atoms with Gasteiger partial charge in [-0.05, 0) is 51.4 Å². The lowest BCUT2D eigenvalue weighted by atomic mass is 9.98. The molecule has 72 heavy (non-hydrogen) atoms. The third-order valence-corrected chi connectivity index (χ3v) is 15.0. The van der Waals surface area contributed by atoms with Gasteiger partial charge in [0.15, 0.2) is 6.29 Å². The van der Waals surface area contributed by atoms with Crippen LogP contribution in [0.2, 0.25) is 0 Å². The van der Waals surface area contributed by atoms with Gasteiger partial charge in [0, 0.05) is 0 Å². The first-order chi connectivity index (χ1) is 35.2. The Balaban J connectivity index is 2.22. The highest BCUT2D eigenvalue weighted by atomic mass is 16.7. The van der Waals surface area contributed by atoms with Gasteiger partial charge in [-0.1, -0.05) is 263 Å². The molecule has 11 nitrogen and oxygen atoms in total. The lowest BCUT2D eigenvalue weighted by molar-refractivity contribution is -0.303. The molecule has 0 aromatic heterocycles. The molecule has 1 saturated heterocycles. The van der Waals surface area contributed by atoms with E-state index in [2.05, 4.69) is 43.5 Å². The van der Waals surface area contributed by atoms with Crippen LogP contribution in [0.4, 0.5) is 0 Å². The number of unbranched alkanes of at least 4 members (excludes halogenated alkanes) is 37. The number of hydrogen-bond acceptors (Lipinski definition) is 10. The van der Waals surface area contributed by atoms with Gasteiger partial charge in [0.2, 0.25) is 5.91 Å². The van der Waals surface area contributed by atoms with E-state index >= 15 is 0 Å². The quantitative estimate of drug-likeness (QED) is 0.0215. The van der Waals surface area contributed by atoms with Crippen molar-refractivity contribution in [2.24, 2.45) is 0 Å². The predicted octanol–water partition coefficient (Wildman–Crippen LogP) is 13.3. The Labute approximate surface area is 442 Å². The third kappa shape index (κ3) is 38.2. The van der Waals surface area contributed by atoms with Crippen molar-refractivity contribution in [3.63, 3.8) is 0 Å². The SMILES string of the molecule is CCCCCCCC/C=C/CC/C=C/CCCC(O)C(O)C(COC1OC(CO)C(O)C(O)C1O)NC(=O)C(O)CCCCCCCCCCCCCCCCCCCCCCCCCCCCCCCC. The molecule has 1 rings (SSSR count). The molecule has 1 heterocycles. The number of nitrogens with one attached hydrogen (secondary N) is 1. The number of ether oxygens (including phenoxy) is 2. The van der Waals surface area contributed by atoms with Crippen LogP contribution in [0.5, 0.6) is 0 Å². The van der Waals surface area contributed by atoms with Crippen LogP contribution in [0.1, 0.15) is 290 Å². The fourth-order valence-corrected chi connectivity index (χ4v) is 9.99. The monoisotopic (exact) mass is 1020 g/mol. The second-order valence-electron chi connectivity index (χ2n) is 21.8. The summed E-state index contributed by atoms with van der Waals surface area (Å²) in [6.45, 7) is 3.45. The number of carbonyl (C=O) groups excluding carboxylic acids is 1. The molecule has 1 aliphatic heterocycles. The minimum atomic E-state index is -1.67. The second kappa shape index (κ2) is 50.4. The Morgan fingerprint density at radius 2 is 0.833 bits per heavy atom. The van der Waals surface area contributed by atoms with Crippen molar-refractivity contribution < 1.29 is 50.0 Å². The van der Waals surface area contributed by atoms with E-state index < -0.39 is 74.2 Å². The van der Waals surface area contributed by atoms with Crippen LogP contribution in [0.3, 0.4) is 0 Å². The second-order valence-corrected chi connectivity index (χ2v) is 21.8. The first-order valence-electron chi connectivity index (χ1n) is 30.7. The lowest BCUT2D eigenvalue weighted by Crippen LogP contribution is -2.60. The van der Waals surface area contributed by atoms with Gasteiger partial charge in [-0.3, -0.25) is 4.79 Å². The van der Waals surface area contributed by atoms with E-state index in [1.165, 1.54) is 205 Å². The fraction of sp³-hybridized carbons (Fsp3) is 0.918. The number of aliphatic hydroxyl groups is 7. The Bertz CT molecular complexity index is 1220. The van der Waals surface area contributed by atoms with Crippen LogP contribution in [0.15, 0.2) is 24.3 Å². The summed E-state index contributed by atoms with van der Waals surface area (Å²) in [4.78, 5) is 13.2. The first kappa shape index (κ1) is 68.6. The topological polar surface area (TPSA) is 189 Å². The van der Waals surface area contributed by atoms with Crippen LogP contribution in [0.25, 0.3) is 0 Å². The summed E-state index contributed by atoms with van der Waals surface area (Å²) in [5.74, 6) is -0.706. The number of aliphatic hydroxyl groups excluding tert-OH is 7. The normalized spacial score (nSPS) is 20.2. The van der Waals surface area contributed by atoms with Gasteiger partial charge in [-0.2, -0.15) is 0 Å². The van der Waals surface area contributed by atoms with Crippen molar-refractivity contribution in [1.82, 2.24) is 5.32 Å². The van der Waals surface area contributed by atoms with Crippen LogP contribution < -0.4 is 5.32 Å². The average molecular weight is 1020 g/mol. The van der Waals surface area contributed by atoms with E-state index in [1.807, 2.05) is 0 Å². The molecule has 1 amide bonds. The summed E-state index contributed by atoms with van der Waals surface area (Å²) in [5.41, 5.74) is 0. The average Bonchev–Trinajstić information content (AvgIpc) is 3.38. The third-order valence-electron chi connectivity index (χ3n) is 15.0. The molecule has 0 aliphatic carbocycles. The minimum Gasteiger partial charge on any atom is -0.394 e. The molecule has 0 radical (unpaired) electrons. The van der Waals surface area contributed by atoms with Crippen molar-refractivity contribution in [2.75, 3.05) is 13.2 Å². The van der Waals surface area contributed by atoms with Gasteiger partial charge in [0.05, 0.1) is 25.4 Å². The number of amides is 1. The summed E-state index contributed by atoms with van der Waals surface area (Å²) in [7, 11) is 0. The molecule has 1 aliphatic rings. The number of carbonyl (C=O) groups is 1. The van der Waals surface area contributed by atoms with Gasteiger partial charge < -0.3 is 50.5 Å². The van der Waals surface area contributed by atoms with Crippen LogP contribution in [-0.2, 0) is 14.3 Å². The highest BCUT2D eigenvalue weighted by molar-refractivity contribution is 5.80. The van der Waals surface area contributed by atoms with Crippen LogP contribution >= 0.6 is 0 Å². The maximum Gasteiger partial charge on any atom is 0.249 e. The molecule has 0 aromatic rings. The fourth-order valence-electron chi connectivity index (χ4n) is 9.99. The van der Waals surface area contributed by atoms with Crippen molar-refractivity contribution in [3.05, 3.63) is 24.3 Å². The van der Waals surface area contributed by atoms with Crippen LogP contribution in [-0.4, -0.2) is 110 Å². The molecule has 0 aromatic carbocycles. The Hall–Kier alpha value is -1.41. The maximum absolute atomic E-state index is 13.2. The maximum atomic E-state index is 13.2. The van der Waals surface area contributed by atoms with Gasteiger partial charge in [-0.15, -0.1) is 0 Å². The number of hydrogen-bond donors (Lipinski definition) is 8. The van der Waals surface area contributed by atoms with E-state index in [-0.39, 0.29) is 12.8 Å². The Morgan fingerprint density at radius 1 is 0.472 bits per heavy atom. The zero-order valence-electron chi connectivity index (χ0n) is 46.7. The Kier molecular flexibility index (Phi) is 48.0. The summed E-state index contributed by atoms with van der Waals surface area (Å²) < 4.78 is 11.1. The van der Waals surface area contributed by atoms with E-state index in [4.69, 9.17) is 9.47 Å². The van der Waals surface area contributed by atoms with Crippen LogP contribution in [0, 0.1) is 0 Å². The van der Waals surface area contributed by atoms with E-state index in [1.54, 1.807) is 0 Å². The van der Waals surface area contributed by atoms with E-state index in [0.717, 1.165) is 38.5 Å². The zero-order valence-corrected chi connectivity index (χ0v) is 46.7. The summed E-state index contributed by atoms with van der Waals surface area (Å²) >= 11 is 0. The standard InChI is InChI=1S/C61H117NO10/c1-3-5-7-9-11-13-15-17-19-20-21-22-23-24-25-26-27-28-29-30-31-32-33-35-37-39-41-43-45-47-49-54(65)60(70)62-52(51-71-61-59(69)58(68)57(67)55(50-63)72-61)56(66)53(64)48-46-44-42-40-38-36-34-18-16-14-12-10-8-6-4-2/h18,34,40,42,52-59,61,63-69H,3-17,19-33,35-39,41,43-51H2,1-2H3,(H,62,70)/b34-18+,42-40+. The molecule has 8 N–H and O–H groups in total. The lowest BCUT2D eigenvalue weighted by Gasteiger charge is -2.40. The molecular formula is C61H117NO10. The van der Waals surface area contributed by atoms with Gasteiger partial charge in [-0.25, -0.2) is 0 Å². The smallest absolute Gasteiger partial charge is 0.249 e. The predicted molar refractivity (Wildman–Crippen MR) is 298 cm³/mol. The highest BCUT2D eigenvalue weighted by Gasteiger charge is 2.44. The molecule has 9 atom stereocenters. The van der Waals surface area contributed by atoms with Gasteiger partial charge in [0.25, 0.3) is 0 Å². The van der Waals surface area contributed by atoms with Gasteiger partial charge in [0.1, 0.15) is 36.6 Å². The number of allylic oxidation sites excluding steroid dienone is 4. The van der Waals surface area contributed by atoms with Gasteiger partial charge >= 0.3 is 0 Å². The van der Waals surface area contributed by atoms with E-state index in [9.17, 15) is 40.5 Å². The van der Waals surface area contributed by atoms with E-state index in [0.29, 0.717) is 19.3 Å². The molecular weight excluding hydrogens is 907 g/mol. The van der Waals surface area contributed by atoms with Crippen molar-refractivity contribution in [2.45, 2.75) is 345 Å². The minimum absolute atomic E-state index is 0.248. The molecule has 0 bridgehead atoms. The van der Waals surface area contributed by atoms with Crippen molar-refractivity contribution in [1.29, 1.82) is 0 Å². The number of rotatable bonds is 53. The summed E-state index contributed by atoms with van der Waals surface area (Å²) in [6.07, 6.45) is 49.7. The summed E-state index contributed by atoms with van der Waals surface area (Å²) in [6, 6.07) is -1.19. The molecule has 0 saturated carbocycles. The molecule has 9 unspecified atom stereocenters. The summed E-state index contributed by atoms with van der Waals surface area (Å²) in [5, 5.41) is 76.1. The molecule has 1 fully saturated rings. The van der Waals surface area contributed by atoms with Crippen molar-refractivity contribution >= 4 is 5.91 Å². The van der Waals surface area contributed by atoms with Crippen molar-refractivity contribution in [3.8, 4) is 0 Å². The molecule has 11 heteroatoms. The first-order valence-corrected chi connectivity index (χ1v) is 30.7.